The van der Waals surface area contributed by atoms with E-state index in [1.807, 2.05) is 78.9 Å². The average molecular weight is 984 g/mol. The molecule has 372 valence electrons. The Bertz CT molecular complexity index is 2510. The van der Waals surface area contributed by atoms with E-state index >= 15 is 0 Å². The molecule has 0 saturated carbocycles. The van der Waals surface area contributed by atoms with Gasteiger partial charge >= 0.3 is 0 Å². The molecular formula is C51H70N7O9PSi. The van der Waals surface area contributed by atoms with Crippen LogP contribution in [0.25, 0.3) is 11.2 Å². The van der Waals surface area contributed by atoms with Crippen molar-refractivity contribution in [2.24, 2.45) is 5.92 Å². The van der Waals surface area contributed by atoms with Gasteiger partial charge in [0.15, 0.2) is 25.7 Å². The number of nitriles is 1. The smallest absolute Gasteiger partial charge is 0.280 e. The molecule has 0 radical (unpaired) electrons. The summed E-state index contributed by atoms with van der Waals surface area (Å²) in [6.07, 6.45) is -1.11. The van der Waals surface area contributed by atoms with Crippen LogP contribution in [0.3, 0.4) is 0 Å². The molecule has 1 saturated heterocycles. The molecule has 69 heavy (non-hydrogen) atoms. The van der Waals surface area contributed by atoms with Crippen LogP contribution in [0.5, 0.6) is 11.5 Å². The number of anilines is 1. The minimum Gasteiger partial charge on any atom is -0.497 e. The van der Waals surface area contributed by atoms with Crippen LogP contribution in [-0.2, 0) is 33.3 Å². The third-order valence-electron chi connectivity index (χ3n) is 13.0. The number of fused-ring (bicyclic) bond motifs is 1. The summed E-state index contributed by atoms with van der Waals surface area (Å²) >= 11 is 0. The minimum absolute atomic E-state index is 0.0188. The Balaban J connectivity index is 1.59. The maximum Gasteiger partial charge on any atom is 0.280 e. The van der Waals surface area contributed by atoms with E-state index < -0.39 is 52.5 Å². The van der Waals surface area contributed by atoms with E-state index in [0.717, 1.165) is 23.1 Å². The summed E-state index contributed by atoms with van der Waals surface area (Å²) in [5.74, 6) is 0.641. The lowest BCUT2D eigenvalue weighted by molar-refractivity contribution is -0.118. The van der Waals surface area contributed by atoms with Gasteiger partial charge in [0.05, 0.1) is 46.3 Å². The number of aromatic amines is 1. The fourth-order valence-electron chi connectivity index (χ4n) is 8.02. The molecule has 18 heteroatoms. The van der Waals surface area contributed by atoms with E-state index in [0.29, 0.717) is 11.5 Å². The lowest BCUT2D eigenvalue weighted by atomic mass is 9.80. The topological polar surface area (TPSA) is 184 Å². The first kappa shape index (κ1) is 53.3. The van der Waals surface area contributed by atoms with Gasteiger partial charge in [0.2, 0.25) is 11.9 Å². The van der Waals surface area contributed by atoms with Crippen molar-refractivity contribution in [3.05, 3.63) is 112 Å². The van der Waals surface area contributed by atoms with Crippen LogP contribution in [0.15, 0.2) is 90.0 Å². The highest BCUT2D eigenvalue weighted by molar-refractivity contribution is 7.44. The minimum atomic E-state index is -2.69. The number of rotatable bonds is 22. The number of aromatic nitrogens is 4. The highest BCUT2D eigenvalue weighted by atomic mass is 31.2. The largest absolute Gasteiger partial charge is 0.497 e. The van der Waals surface area contributed by atoms with Gasteiger partial charge < -0.3 is 32.4 Å². The van der Waals surface area contributed by atoms with Gasteiger partial charge in [-0.1, -0.05) is 96.1 Å². The second kappa shape index (κ2) is 22.8. The van der Waals surface area contributed by atoms with E-state index in [4.69, 9.17) is 37.4 Å². The molecule has 6 atom stereocenters. The summed E-state index contributed by atoms with van der Waals surface area (Å²) in [7, 11) is -1.30. The maximum absolute atomic E-state index is 13.7. The maximum atomic E-state index is 13.7. The molecule has 1 amide bonds. The van der Waals surface area contributed by atoms with Crippen molar-refractivity contribution in [1.82, 2.24) is 24.2 Å². The Hall–Kier alpha value is -5.02. The fraction of sp³-hybridized carbons (Fsp3) is 0.510. The summed E-state index contributed by atoms with van der Waals surface area (Å²) in [5, 5.41) is 12.1. The van der Waals surface area contributed by atoms with Crippen molar-refractivity contribution in [3.8, 4) is 17.6 Å². The highest BCUT2D eigenvalue weighted by Gasteiger charge is 2.54. The average Bonchev–Trinajstić information content (AvgIpc) is 3.89. The van der Waals surface area contributed by atoms with Crippen LogP contribution in [0.2, 0.25) is 18.1 Å². The van der Waals surface area contributed by atoms with Gasteiger partial charge in [0.1, 0.15) is 35.4 Å². The number of carbonyl (C=O) groups excluding carboxylic acids is 1. The van der Waals surface area contributed by atoms with E-state index in [2.05, 4.69) is 87.6 Å². The molecule has 2 unspecified atom stereocenters. The first-order chi connectivity index (χ1) is 32.8. The van der Waals surface area contributed by atoms with Crippen LogP contribution in [0, 0.1) is 17.2 Å². The lowest BCUT2D eigenvalue weighted by Crippen LogP contribution is -2.51. The standard InChI is InChI=1S/C51H70N7O9PSi/c1-14-35(6)58(34(4)5)68(64-30-18-29-52)66-44-43(67-69(12,13)50(7,8)9)41(65-48(44)57-32-53-42-45(57)54-49(56-47(42)60)55-46(59)33(2)3)31-63-51(36-19-16-15-17-20-36,37-21-25-39(61-10)26-22-37)38-23-27-40(62-11)28-24-38/h15-17,19-28,32-35,41,43-44,48H,14,18,30-31H2,1-13H3,(H2,54,55,56,59,60)/t35?,41-,43+,44+,48-,68?/m1/s1. The van der Waals surface area contributed by atoms with E-state index in [9.17, 15) is 14.9 Å². The predicted octanol–water partition coefficient (Wildman–Crippen LogP) is 10.1. The normalized spacial score (nSPS) is 18.7. The SMILES string of the molecule is CCC(C)N(C(C)C)P(OCCC#N)O[C@H]1[C@@H](O[Si](C)(C)C(C)(C)C)[C@@H](COC(c2ccccc2)(c2ccc(OC)cc2)c2ccc(OC)cc2)O[C@H]1n1cnc2c(=O)[nH]c(NC(=O)C(C)C)nc21. The molecule has 5 aromatic rings. The Morgan fingerprint density at radius 3 is 2.06 bits per heavy atom. The molecule has 1 aliphatic heterocycles. The van der Waals surface area contributed by atoms with Crippen LogP contribution < -0.4 is 20.3 Å². The van der Waals surface area contributed by atoms with Crippen molar-refractivity contribution in [2.75, 3.05) is 32.8 Å². The number of methoxy groups -OCH3 is 2. The molecule has 1 fully saturated rings. The van der Waals surface area contributed by atoms with E-state index in [-0.39, 0.29) is 65.7 Å². The molecule has 6 rings (SSSR count). The van der Waals surface area contributed by atoms with Crippen LogP contribution in [-0.4, -0.2) is 96.2 Å². The number of hydrogen-bond acceptors (Lipinski definition) is 13. The lowest BCUT2D eigenvalue weighted by Gasteiger charge is -2.43. The van der Waals surface area contributed by atoms with Crippen LogP contribution in [0.1, 0.15) is 98.1 Å². The second-order valence-corrected chi connectivity index (χ2v) is 25.5. The number of nitrogens with zero attached hydrogens (tertiary/aromatic N) is 5. The van der Waals surface area contributed by atoms with Gasteiger partial charge in [-0.05, 0) is 86.3 Å². The number of hydrogen-bond donors (Lipinski definition) is 2. The van der Waals surface area contributed by atoms with Crippen molar-refractivity contribution >= 4 is 39.9 Å². The number of carbonyl (C=O) groups is 1. The number of benzene rings is 3. The Morgan fingerprint density at radius 1 is 0.942 bits per heavy atom. The Labute approximate surface area is 409 Å². The van der Waals surface area contributed by atoms with Gasteiger partial charge in [-0.3, -0.25) is 24.5 Å². The van der Waals surface area contributed by atoms with Crippen molar-refractivity contribution in [1.29, 1.82) is 5.26 Å². The summed E-state index contributed by atoms with van der Waals surface area (Å²) in [6.45, 7) is 22.9. The fourth-order valence-corrected chi connectivity index (χ4v) is 11.2. The summed E-state index contributed by atoms with van der Waals surface area (Å²) in [4.78, 5) is 38.6. The van der Waals surface area contributed by atoms with Crippen molar-refractivity contribution < 1.29 is 37.2 Å². The molecule has 0 bridgehead atoms. The third kappa shape index (κ3) is 11.8. The van der Waals surface area contributed by atoms with Crippen molar-refractivity contribution in [2.45, 2.75) is 136 Å². The number of amides is 1. The molecule has 2 N–H and O–H groups in total. The quantitative estimate of drug-likeness (QED) is 0.0289. The number of ether oxygens (including phenoxy) is 4. The van der Waals surface area contributed by atoms with Crippen LogP contribution >= 0.6 is 8.53 Å². The number of imidazole rings is 1. The van der Waals surface area contributed by atoms with Gasteiger partial charge in [-0.2, -0.15) is 10.2 Å². The molecule has 2 aromatic heterocycles. The second-order valence-electron chi connectivity index (χ2n) is 19.4. The zero-order valence-electron chi connectivity index (χ0n) is 42.3. The summed E-state index contributed by atoms with van der Waals surface area (Å²) < 4.78 is 51.5. The molecule has 0 aliphatic carbocycles. The monoisotopic (exact) mass is 983 g/mol. The van der Waals surface area contributed by atoms with Gasteiger partial charge in [-0.15, -0.1) is 0 Å². The zero-order chi connectivity index (χ0) is 50.3. The summed E-state index contributed by atoms with van der Waals surface area (Å²) in [5.41, 5.74) is 0.977. The molecule has 0 spiro atoms. The molecule has 1 aliphatic rings. The first-order valence-corrected chi connectivity index (χ1v) is 27.7. The molecule has 16 nitrogen and oxygen atoms in total. The molecule has 3 aromatic carbocycles. The van der Waals surface area contributed by atoms with Gasteiger partial charge in [0, 0.05) is 18.0 Å². The number of H-pyrrole nitrogens is 1. The summed E-state index contributed by atoms with van der Waals surface area (Å²) in [6, 6.07) is 27.9. The predicted molar refractivity (Wildman–Crippen MR) is 271 cm³/mol. The van der Waals surface area contributed by atoms with Gasteiger partial charge in [0.25, 0.3) is 14.1 Å². The van der Waals surface area contributed by atoms with E-state index in [1.54, 1.807) is 32.6 Å². The van der Waals surface area contributed by atoms with E-state index in [1.165, 1.54) is 6.33 Å². The van der Waals surface area contributed by atoms with Crippen molar-refractivity contribution in [3.63, 3.8) is 0 Å². The number of nitrogens with one attached hydrogen (secondary N) is 2. The zero-order valence-corrected chi connectivity index (χ0v) is 44.2. The molecular weight excluding hydrogens is 914 g/mol. The highest BCUT2D eigenvalue weighted by Crippen LogP contribution is 2.53. The Kier molecular flexibility index (Phi) is 17.6. The van der Waals surface area contributed by atoms with Crippen LogP contribution in [0.4, 0.5) is 5.95 Å². The molecule has 3 heterocycles. The first-order valence-electron chi connectivity index (χ1n) is 23.6. The van der Waals surface area contributed by atoms with Gasteiger partial charge in [-0.25, -0.2) is 9.65 Å². The Morgan fingerprint density at radius 2 is 1.54 bits per heavy atom. The third-order valence-corrected chi connectivity index (χ3v) is 19.6.